The number of ether oxygens (including phenoxy) is 1. The molecular weight excluding hydrogens is 186 g/mol. The van der Waals surface area contributed by atoms with Crippen molar-refractivity contribution in [2.75, 3.05) is 12.3 Å². The molecule has 0 bridgehead atoms. The second-order valence-corrected chi connectivity index (χ2v) is 4.45. The lowest BCUT2D eigenvalue weighted by Crippen LogP contribution is -2.13. The average Bonchev–Trinajstić information content (AvgIpc) is 2.65. The summed E-state index contributed by atoms with van der Waals surface area (Å²) in [5, 5.41) is 7.11. The highest BCUT2D eigenvalue weighted by Crippen LogP contribution is 2.34. The van der Waals surface area contributed by atoms with Crippen molar-refractivity contribution in [3.63, 3.8) is 0 Å². The van der Waals surface area contributed by atoms with E-state index < -0.39 is 0 Å². The lowest BCUT2D eigenvalue weighted by Gasteiger charge is -2.11. The van der Waals surface area contributed by atoms with Crippen molar-refractivity contribution < 1.29 is 4.74 Å². The van der Waals surface area contributed by atoms with Gasteiger partial charge in [-0.2, -0.15) is 5.10 Å². The zero-order valence-corrected chi connectivity index (χ0v) is 8.30. The molecule has 2 rings (SSSR count). The van der Waals surface area contributed by atoms with Gasteiger partial charge in [-0.15, -0.1) is 11.8 Å². The predicted molar refractivity (Wildman–Crippen MR) is 52.7 cm³/mol. The van der Waals surface area contributed by atoms with Crippen molar-refractivity contribution in [2.45, 2.75) is 29.6 Å². The Bertz CT molecular complexity index is 289. The van der Waals surface area contributed by atoms with Crippen molar-refractivity contribution in [3.8, 4) is 0 Å². The first kappa shape index (κ1) is 8.90. The number of hydrogen-bond donors (Lipinski definition) is 2. The number of nitrogens with zero attached hydrogens (tertiary/aromatic N) is 1. The minimum absolute atomic E-state index is 0.319. The quantitative estimate of drug-likeness (QED) is 0.752. The average molecular weight is 199 g/mol. The molecule has 5 heteroatoms. The van der Waals surface area contributed by atoms with E-state index in [0.29, 0.717) is 17.2 Å². The van der Waals surface area contributed by atoms with Crippen molar-refractivity contribution in [2.24, 2.45) is 0 Å². The maximum Gasteiger partial charge on any atom is 0.132 e. The molecule has 1 aromatic heterocycles. The fourth-order valence-electron chi connectivity index (χ4n) is 1.41. The molecule has 3 N–H and O–H groups in total. The van der Waals surface area contributed by atoms with Crippen LogP contribution in [0.5, 0.6) is 0 Å². The van der Waals surface area contributed by atoms with Gasteiger partial charge in [0.05, 0.1) is 17.2 Å². The monoisotopic (exact) mass is 199 g/mol. The number of nitrogens with two attached hydrogens (primary N) is 1. The molecule has 72 valence electrons. The zero-order valence-electron chi connectivity index (χ0n) is 7.49. The SMILES string of the molecule is CC1OCCC1Sc1cn[nH]c1N. The van der Waals surface area contributed by atoms with Crippen LogP contribution in [0.15, 0.2) is 11.1 Å². The van der Waals surface area contributed by atoms with Gasteiger partial charge in [0.25, 0.3) is 0 Å². The van der Waals surface area contributed by atoms with Gasteiger partial charge in [-0.05, 0) is 13.3 Å². The Morgan fingerprint density at radius 1 is 1.77 bits per heavy atom. The van der Waals surface area contributed by atoms with E-state index in [4.69, 9.17) is 10.5 Å². The van der Waals surface area contributed by atoms with Crippen LogP contribution in [0.4, 0.5) is 5.82 Å². The summed E-state index contributed by atoms with van der Waals surface area (Å²) < 4.78 is 5.46. The van der Waals surface area contributed by atoms with Crippen LogP contribution in [-0.4, -0.2) is 28.2 Å². The number of hydrogen-bond acceptors (Lipinski definition) is 4. The van der Waals surface area contributed by atoms with E-state index in [1.54, 1.807) is 18.0 Å². The van der Waals surface area contributed by atoms with Crippen LogP contribution in [0.1, 0.15) is 13.3 Å². The smallest absolute Gasteiger partial charge is 0.132 e. The number of anilines is 1. The summed E-state index contributed by atoms with van der Waals surface area (Å²) in [7, 11) is 0. The number of nitrogen functional groups attached to an aromatic ring is 1. The number of H-pyrrole nitrogens is 1. The molecule has 4 nitrogen and oxygen atoms in total. The van der Waals surface area contributed by atoms with Gasteiger partial charge in [-0.3, -0.25) is 5.10 Å². The van der Waals surface area contributed by atoms with Gasteiger partial charge >= 0.3 is 0 Å². The highest BCUT2D eigenvalue weighted by molar-refractivity contribution is 8.00. The van der Waals surface area contributed by atoms with Crippen molar-refractivity contribution in [3.05, 3.63) is 6.20 Å². The first-order valence-electron chi connectivity index (χ1n) is 4.34. The molecule has 0 aromatic carbocycles. The number of nitrogens with one attached hydrogen (secondary N) is 1. The molecule has 0 spiro atoms. The van der Waals surface area contributed by atoms with Gasteiger partial charge < -0.3 is 10.5 Å². The topological polar surface area (TPSA) is 63.9 Å². The highest BCUT2D eigenvalue weighted by Gasteiger charge is 2.25. The normalized spacial score (nSPS) is 28.1. The summed E-state index contributed by atoms with van der Waals surface area (Å²) >= 11 is 1.75. The minimum atomic E-state index is 0.319. The van der Waals surface area contributed by atoms with Crippen LogP contribution in [0.2, 0.25) is 0 Å². The molecule has 1 aromatic rings. The van der Waals surface area contributed by atoms with Crippen LogP contribution in [0.3, 0.4) is 0 Å². The predicted octanol–water partition coefficient (Wildman–Crippen LogP) is 1.26. The highest BCUT2D eigenvalue weighted by atomic mass is 32.2. The van der Waals surface area contributed by atoms with E-state index in [1.165, 1.54) is 0 Å². The van der Waals surface area contributed by atoms with Gasteiger partial charge in [0.15, 0.2) is 0 Å². The Morgan fingerprint density at radius 2 is 2.62 bits per heavy atom. The molecule has 2 unspecified atom stereocenters. The third-order valence-electron chi connectivity index (χ3n) is 2.22. The molecule has 1 saturated heterocycles. The van der Waals surface area contributed by atoms with E-state index >= 15 is 0 Å². The fourth-order valence-corrected chi connectivity index (χ4v) is 2.51. The van der Waals surface area contributed by atoms with Gasteiger partial charge in [0.1, 0.15) is 5.82 Å². The Kier molecular flexibility index (Phi) is 2.46. The van der Waals surface area contributed by atoms with Crippen LogP contribution < -0.4 is 5.73 Å². The summed E-state index contributed by atoms with van der Waals surface area (Å²) in [5.41, 5.74) is 5.68. The van der Waals surface area contributed by atoms with E-state index in [1.807, 2.05) is 0 Å². The largest absolute Gasteiger partial charge is 0.383 e. The first-order valence-corrected chi connectivity index (χ1v) is 5.22. The lowest BCUT2D eigenvalue weighted by molar-refractivity contribution is 0.127. The molecule has 2 heterocycles. The van der Waals surface area contributed by atoms with Crippen molar-refractivity contribution in [1.29, 1.82) is 0 Å². The van der Waals surface area contributed by atoms with Crippen LogP contribution in [0, 0.1) is 0 Å². The molecule has 2 atom stereocenters. The van der Waals surface area contributed by atoms with E-state index in [-0.39, 0.29) is 0 Å². The molecule has 0 amide bonds. The fraction of sp³-hybridized carbons (Fsp3) is 0.625. The molecule has 1 aliphatic heterocycles. The zero-order chi connectivity index (χ0) is 9.26. The summed E-state index contributed by atoms with van der Waals surface area (Å²) in [6, 6.07) is 0. The second kappa shape index (κ2) is 3.59. The van der Waals surface area contributed by atoms with Crippen molar-refractivity contribution in [1.82, 2.24) is 10.2 Å². The Balaban J connectivity index is 2.01. The number of thioether (sulfide) groups is 1. The first-order chi connectivity index (χ1) is 6.27. The van der Waals surface area contributed by atoms with Gasteiger partial charge in [0, 0.05) is 11.9 Å². The summed E-state index contributed by atoms with van der Waals surface area (Å²) in [6.45, 7) is 2.96. The molecular formula is C8H13N3OS. The molecule has 0 saturated carbocycles. The van der Waals surface area contributed by atoms with Crippen LogP contribution in [-0.2, 0) is 4.74 Å². The molecule has 1 aliphatic rings. The molecule has 0 aliphatic carbocycles. The standard InChI is InChI=1S/C8H13N3OS/c1-5-6(2-3-12-5)13-7-4-10-11-8(7)9/h4-6H,2-3H2,1H3,(H3,9,10,11). The number of rotatable bonds is 2. The Hall–Kier alpha value is -0.680. The number of aromatic nitrogens is 2. The van der Waals surface area contributed by atoms with Gasteiger partial charge in [0.2, 0.25) is 0 Å². The summed E-state index contributed by atoms with van der Waals surface area (Å²) in [5.74, 6) is 0.657. The summed E-state index contributed by atoms with van der Waals surface area (Å²) in [6.07, 6.45) is 3.18. The third kappa shape index (κ3) is 1.81. The minimum Gasteiger partial charge on any atom is -0.383 e. The maximum absolute atomic E-state index is 5.68. The maximum atomic E-state index is 5.68. The van der Waals surface area contributed by atoms with Gasteiger partial charge in [-0.25, -0.2) is 0 Å². The van der Waals surface area contributed by atoms with Crippen molar-refractivity contribution >= 4 is 17.6 Å². The molecule has 13 heavy (non-hydrogen) atoms. The third-order valence-corrected chi connectivity index (χ3v) is 3.72. The molecule has 0 radical (unpaired) electrons. The van der Waals surface area contributed by atoms with Crippen LogP contribution >= 0.6 is 11.8 Å². The Morgan fingerprint density at radius 3 is 3.15 bits per heavy atom. The van der Waals surface area contributed by atoms with E-state index in [0.717, 1.165) is 17.9 Å². The number of aromatic amines is 1. The lowest BCUT2D eigenvalue weighted by atomic mass is 10.3. The van der Waals surface area contributed by atoms with Gasteiger partial charge in [-0.1, -0.05) is 0 Å². The van der Waals surface area contributed by atoms with E-state index in [9.17, 15) is 0 Å². The Labute approximate surface area is 81.2 Å². The van der Waals surface area contributed by atoms with E-state index in [2.05, 4.69) is 17.1 Å². The molecule has 1 fully saturated rings. The summed E-state index contributed by atoms with van der Waals surface area (Å²) in [4.78, 5) is 1.03. The second-order valence-electron chi connectivity index (χ2n) is 3.17. The van der Waals surface area contributed by atoms with Crippen LogP contribution in [0.25, 0.3) is 0 Å².